The number of carbonyl (C=O) groups excluding carboxylic acids is 1. The van der Waals surface area contributed by atoms with E-state index in [9.17, 15) is 9.18 Å². The summed E-state index contributed by atoms with van der Waals surface area (Å²) in [5.74, 6) is 0.165. The highest BCUT2D eigenvalue weighted by atomic mass is 19.1. The number of halogens is 1. The fourth-order valence-corrected chi connectivity index (χ4v) is 5.30. The Morgan fingerprint density at radius 3 is 2.78 bits per heavy atom. The minimum Gasteiger partial charge on any atom is -0.335 e. The Hall–Kier alpha value is -4.97. The number of benzene rings is 1. The zero-order valence-corrected chi connectivity index (χ0v) is 22.3. The number of nitrogens with zero attached hydrogens (tertiary/aromatic N) is 7. The number of aromatic nitrogens is 6. The predicted octanol–water partition coefficient (Wildman–Crippen LogP) is 2.53. The molecule has 0 spiro atoms. The van der Waals surface area contributed by atoms with Crippen LogP contribution in [0.5, 0.6) is 0 Å². The zero-order chi connectivity index (χ0) is 27.9. The van der Waals surface area contributed by atoms with E-state index in [1.54, 1.807) is 30.9 Å². The average molecular weight is 551 g/mol. The number of rotatable bonds is 4. The van der Waals surface area contributed by atoms with E-state index in [0.29, 0.717) is 53.4 Å². The molecule has 2 aliphatic rings. The van der Waals surface area contributed by atoms with E-state index in [1.165, 1.54) is 12.1 Å². The first-order chi connectivity index (χ1) is 20.0. The first-order valence-electron chi connectivity index (χ1n) is 13.4. The third kappa shape index (κ3) is 4.82. The van der Waals surface area contributed by atoms with Crippen molar-refractivity contribution < 1.29 is 9.18 Å². The van der Waals surface area contributed by atoms with Gasteiger partial charge in [-0.15, -0.1) is 0 Å². The number of nitrogens with one attached hydrogen (secondary N) is 3. The van der Waals surface area contributed by atoms with Crippen molar-refractivity contribution in [3.05, 3.63) is 77.2 Å². The molecular weight excluding hydrogens is 523 g/mol. The quantitative estimate of drug-likeness (QED) is 0.315. The van der Waals surface area contributed by atoms with Gasteiger partial charge in [-0.25, -0.2) is 14.2 Å². The molecule has 2 amide bonds. The molecule has 0 radical (unpaired) electrons. The van der Waals surface area contributed by atoms with Gasteiger partial charge < -0.3 is 20.1 Å². The lowest BCUT2D eigenvalue weighted by molar-refractivity contribution is 0.164. The molecule has 6 heterocycles. The van der Waals surface area contributed by atoms with Crippen LogP contribution in [0.25, 0.3) is 39.8 Å². The van der Waals surface area contributed by atoms with E-state index in [4.69, 9.17) is 9.98 Å². The fourth-order valence-electron chi connectivity index (χ4n) is 5.30. The normalized spacial score (nSPS) is 17.1. The number of hydrogen-bond donors (Lipinski definition) is 3. The molecule has 3 N–H and O–H groups in total. The predicted molar refractivity (Wildman–Crippen MR) is 152 cm³/mol. The van der Waals surface area contributed by atoms with Crippen molar-refractivity contribution in [2.24, 2.45) is 4.99 Å². The van der Waals surface area contributed by atoms with Gasteiger partial charge in [0.1, 0.15) is 11.5 Å². The molecule has 0 bridgehead atoms. The van der Waals surface area contributed by atoms with Gasteiger partial charge >= 0.3 is 6.03 Å². The van der Waals surface area contributed by atoms with Crippen LogP contribution >= 0.6 is 0 Å². The largest absolute Gasteiger partial charge is 0.335 e. The number of anilines is 1. The van der Waals surface area contributed by atoms with Gasteiger partial charge in [0.25, 0.3) is 0 Å². The molecule has 1 unspecified atom stereocenters. The summed E-state index contributed by atoms with van der Waals surface area (Å²) in [5, 5.41) is 11.4. The summed E-state index contributed by atoms with van der Waals surface area (Å²) in [6.07, 6.45) is 8.93. The molecule has 4 aromatic heterocycles. The Balaban J connectivity index is 1.19. The van der Waals surface area contributed by atoms with Crippen LogP contribution in [-0.4, -0.2) is 85.7 Å². The number of hydrogen-bond acceptors (Lipinski definition) is 7. The van der Waals surface area contributed by atoms with Gasteiger partial charge in [0, 0.05) is 55.3 Å². The van der Waals surface area contributed by atoms with Gasteiger partial charge in [0.2, 0.25) is 0 Å². The molecule has 41 heavy (non-hydrogen) atoms. The summed E-state index contributed by atoms with van der Waals surface area (Å²) in [5.41, 5.74) is 5.69. The zero-order valence-electron chi connectivity index (χ0n) is 22.3. The first-order valence-corrected chi connectivity index (χ1v) is 13.4. The van der Waals surface area contributed by atoms with Crippen molar-refractivity contribution in [3.8, 4) is 22.6 Å². The molecule has 7 rings (SSSR count). The van der Waals surface area contributed by atoms with Gasteiger partial charge in [-0.2, -0.15) is 5.10 Å². The fraction of sp³-hybridized carbons (Fsp3) is 0.241. The van der Waals surface area contributed by atoms with Crippen molar-refractivity contribution >= 4 is 28.8 Å². The Morgan fingerprint density at radius 2 is 1.93 bits per heavy atom. The van der Waals surface area contributed by atoms with Gasteiger partial charge in [-0.3, -0.25) is 20.1 Å². The third-order valence-corrected chi connectivity index (χ3v) is 7.58. The molecule has 1 fully saturated rings. The standard InChI is InChI=1S/C29H27FN10O/c1-39-5-7-40(8-6-39)29(41)34-21-10-18(12-31-14-21)19-11-22-26(37-38-27(22)33-13-19)28-35-24-16-32-15-23(25(24)36-28)17-3-2-4-20(30)9-17/h2-4,9-12,14-16,19H,5-8,13H2,1H3,(H,33,38)(H,34,41)(H,35,36). The van der Waals surface area contributed by atoms with Gasteiger partial charge in [0.05, 0.1) is 35.7 Å². The SMILES string of the molecule is CN1CCN(C(=O)Nc2cncc(C3C=c4c(-c5nc6c(-c7cccc(F)c7)cncc6[nH]5)n[nH]c4=NC3)c2)CC1. The number of pyridine rings is 2. The van der Waals surface area contributed by atoms with Crippen LogP contribution in [0.15, 0.2) is 60.1 Å². The van der Waals surface area contributed by atoms with Crippen molar-refractivity contribution in [3.63, 3.8) is 0 Å². The average Bonchev–Trinajstić information content (AvgIpc) is 3.61. The van der Waals surface area contributed by atoms with Crippen molar-refractivity contribution in [2.75, 3.05) is 45.1 Å². The molecular formula is C29H27FN10O. The minimum absolute atomic E-state index is 0.0688. The number of urea groups is 1. The van der Waals surface area contributed by atoms with E-state index in [0.717, 1.165) is 35.0 Å². The lowest BCUT2D eigenvalue weighted by Gasteiger charge is -2.32. The number of fused-ring (bicyclic) bond motifs is 2. The number of piperazine rings is 1. The van der Waals surface area contributed by atoms with Crippen molar-refractivity contribution in [1.29, 1.82) is 0 Å². The molecule has 0 aliphatic carbocycles. The number of likely N-dealkylation sites (N-methyl/N-ethyl adjacent to an activating group) is 1. The summed E-state index contributed by atoms with van der Waals surface area (Å²) in [6, 6.07) is 8.20. The monoisotopic (exact) mass is 550 g/mol. The molecule has 1 atom stereocenters. The second kappa shape index (κ2) is 10.2. The maximum absolute atomic E-state index is 13.9. The van der Waals surface area contributed by atoms with Crippen LogP contribution in [0, 0.1) is 5.82 Å². The first kappa shape index (κ1) is 25.0. The molecule has 2 aliphatic heterocycles. The molecule has 0 saturated carbocycles. The summed E-state index contributed by atoms with van der Waals surface area (Å²) >= 11 is 0. The number of imidazole rings is 1. The summed E-state index contributed by atoms with van der Waals surface area (Å²) in [6.45, 7) is 3.61. The lowest BCUT2D eigenvalue weighted by atomic mass is 9.97. The second-order valence-corrected chi connectivity index (χ2v) is 10.4. The second-order valence-electron chi connectivity index (χ2n) is 10.4. The van der Waals surface area contributed by atoms with Crippen molar-refractivity contribution in [1.82, 2.24) is 39.9 Å². The van der Waals surface area contributed by atoms with E-state index in [1.807, 2.05) is 17.0 Å². The highest BCUT2D eigenvalue weighted by molar-refractivity contribution is 5.92. The lowest BCUT2D eigenvalue weighted by Crippen LogP contribution is -2.48. The molecule has 11 nitrogen and oxygen atoms in total. The number of aromatic amines is 2. The Labute approximate surface area is 233 Å². The van der Waals surface area contributed by atoms with Crippen LogP contribution in [0.2, 0.25) is 0 Å². The number of carbonyl (C=O) groups is 1. The van der Waals surface area contributed by atoms with Gasteiger partial charge in [-0.05, 0) is 36.4 Å². The van der Waals surface area contributed by atoms with Crippen LogP contribution in [0.4, 0.5) is 14.9 Å². The summed E-state index contributed by atoms with van der Waals surface area (Å²) < 4.78 is 13.9. The molecule has 1 aromatic carbocycles. The topological polar surface area (TPSA) is 131 Å². The van der Waals surface area contributed by atoms with Crippen LogP contribution in [-0.2, 0) is 0 Å². The van der Waals surface area contributed by atoms with E-state index >= 15 is 0 Å². The minimum atomic E-state index is -0.323. The maximum Gasteiger partial charge on any atom is 0.321 e. The summed E-state index contributed by atoms with van der Waals surface area (Å²) in [7, 11) is 2.06. The Bertz CT molecular complexity index is 1890. The summed E-state index contributed by atoms with van der Waals surface area (Å²) in [4.78, 5) is 38.4. The van der Waals surface area contributed by atoms with Crippen LogP contribution < -0.4 is 16.0 Å². The highest BCUT2D eigenvalue weighted by Crippen LogP contribution is 2.28. The van der Waals surface area contributed by atoms with Gasteiger partial charge in [-0.1, -0.05) is 18.2 Å². The van der Waals surface area contributed by atoms with Crippen molar-refractivity contribution in [2.45, 2.75) is 5.92 Å². The Morgan fingerprint density at radius 1 is 1.07 bits per heavy atom. The molecule has 206 valence electrons. The van der Waals surface area contributed by atoms with Crippen LogP contribution in [0.1, 0.15) is 11.5 Å². The van der Waals surface area contributed by atoms with E-state index in [2.05, 4.69) is 48.5 Å². The number of H-pyrrole nitrogens is 2. The molecule has 5 aromatic rings. The Kier molecular flexibility index (Phi) is 6.23. The number of amides is 2. The molecule has 12 heteroatoms. The maximum atomic E-state index is 13.9. The van der Waals surface area contributed by atoms with E-state index < -0.39 is 0 Å². The molecule has 1 saturated heterocycles. The van der Waals surface area contributed by atoms with Crippen LogP contribution in [0.3, 0.4) is 0 Å². The van der Waals surface area contributed by atoms with Gasteiger partial charge in [0.15, 0.2) is 11.3 Å². The third-order valence-electron chi connectivity index (χ3n) is 7.58. The highest BCUT2D eigenvalue weighted by Gasteiger charge is 2.21. The smallest absolute Gasteiger partial charge is 0.321 e. The van der Waals surface area contributed by atoms with E-state index in [-0.39, 0.29) is 17.8 Å².